The van der Waals surface area contributed by atoms with Crippen LogP contribution in [-0.4, -0.2) is 41.4 Å². The number of rotatable bonds is 5. The highest BCUT2D eigenvalue weighted by Gasteiger charge is 2.15. The molecular formula is C9H12N2O5. The molecule has 0 aliphatic carbocycles. The lowest BCUT2D eigenvalue weighted by Crippen LogP contribution is -2.24. The van der Waals surface area contributed by atoms with E-state index in [-0.39, 0.29) is 17.8 Å². The van der Waals surface area contributed by atoms with Gasteiger partial charge in [0.05, 0.1) is 20.3 Å². The maximum atomic E-state index is 10.6. The number of hydrogen-bond acceptors (Lipinski definition) is 6. The van der Waals surface area contributed by atoms with Crippen molar-refractivity contribution in [2.45, 2.75) is 13.0 Å². The van der Waals surface area contributed by atoms with Crippen LogP contribution in [0.2, 0.25) is 0 Å². The Hall–Kier alpha value is -2.05. The first-order valence-corrected chi connectivity index (χ1v) is 4.43. The molecule has 7 heteroatoms. The summed E-state index contributed by atoms with van der Waals surface area (Å²) < 4.78 is 14.7. The van der Waals surface area contributed by atoms with Crippen LogP contribution in [0.3, 0.4) is 0 Å². The van der Waals surface area contributed by atoms with Gasteiger partial charge in [-0.2, -0.15) is 9.97 Å². The third-order valence-corrected chi connectivity index (χ3v) is 1.71. The molecule has 0 saturated carbocycles. The van der Waals surface area contributed by atoms with E-state index >= 15 is 0 Å². The maximum absolute atomic E-state index is 10.6. The molecule has 7 nitrogen and oxygen atoms in total. The van der Waals surface area contributed by atoms with Crippen LogP contribution in [0, 0.1) is 0 Å². The van der Waals surface area contributed by atoms with Gasteiger partial charge in [-0.15, -0.1) is 0 Å². The fourth-order valence-electron chi connectivity index (χ4n) is 0.854. The van der Waals surface area contributed by atoms with Crippen LogP contribution in [0.15, 0.2) is 6.07 Å². The molecule has 0 fully saturated rings. The number of aromatic nitrogens is 2. The van der Waals surface area contributed by atoms with Gasteiger partial charge in [0.25, 0.3) is 0 Å². The molecule has 1 atom stereocenters. The summed E-state index contributed by atoms with van der Waals surface area (Å²) >= 11 is 0. The van der Waals surface area contributed by atoms with Gasteiger partial charge in [-0.05, 0) is 6.92 Å². The normalized spacial score (nSPS) is 11.7. The Kier molecular flexibility index (Phi) is 3.87. The molecule has 0 unspecified atom stereocenters. The van der Waals surface area contributed by atoms with Crippen molar-refractivity contribution in [3.63, 3.8) is 0 Å². The van der Waals surface area contributed by atoms with Crippen LogP contribution in [0.5, 0.6) is 17.8 Å². The highest BCUT2D eigenvalue weighted by Crippen LogP contribution is 2.19. The Balaban J connectivity index is 2.90. The van der Waals surface area contributed by atoms with Crippen molar-refractivity contribution in [3.05, 3.63) is 6.07 Å². The van der Waals surface area contributed by atoms with E-state index in [9.17, 15) is 4.79 Å². The van der Waals surface area contributed by atoms with Crippen molar-refractivity contribution in [1.29, 1.82) is 0 Å². The van der Waals surface area contributed by atoms with E-state index in [1.807, 2.05) is 0 Å². The third kappa shape index (κ3) is 2.97. The molecule has 1 aromatic heterocycles. The maximum Gasteiger partial charge on any atom is 0.344 e. The zero-order valence-electron chi connectivity index (χ0n) is 9.13. The SMILES string of the molecule is COc1cc(OC)nc(O[C@H](C)C(=O)O)n1. The van der Waals surface area contributed by atoms with E-state index in [2.05, 4.69) is 9.97 Å². The molecule has 1 rings (SSSR count). The van der Waals surface area contributed by atoms with Crippen LogP contribution in [0.25, 0.3) is 0 Å². The van der Waals surface area contributed by atoms with Gasteiger partial charge in [0.1, 0.15) is 0 Å². The summed E-state index contributed by atoms with van der Waals surface area (Å²) in [5.41, 5.74) is 0. The number of hydrogen-bond donors (Lipinski definition) is 1. The van der Waals surface area contributed by atoms with Crippen LogP contribution in [-0.2, 0) is 4.79 Å². The minimum Gasteiger partial charge on any atom is -0.481 e. The predicted octanol–water partition coefficient (Wildman–Crippen LogP) is 0.346. The predicted molar refractivity (Wildman–Crippen MR) is 52.9 cm³/mol. The summed E-state index contributed by atoms with van der Waals surface area (Å²) in [7, 11) is 2.85. The van der Waals surface area contributed by atoms with Crippen molar-refractivity contribution >= 4 is 5.97 Å². The molecular weight excluding hydrogens is 216 g/mol. The summed E-state index contributed by atoms with van der Waals surface area (Å²) in [5, 5.41) is 8.65. The Labute approximate surface area is 92.0 Å². The molecule has 0 radical (unpaired) electrons. The summed E-state index contributed by atoms with van der Waals surface area (Å²) in [5.74, 6) is -0.635. The van der Waals surface area contributed by atoms with Crippen molar-refractivity contribution in [1.82, 2.24) is 9.97 Å². The quantitative estimate of drug-likeness (QED) is 0.777. The molecule has 16 heavy (non-hydrogen) atoms. The van der Waals surface area contributed by atoms with Crippen molar-refractivity contribution < 1.29 is 24.1 Å². The highest BCUT2D eigenvalue weighted by molar-refractivity contribution is 5.72. The van der Waals surface area contributed by atoms with Gasteiger partial charge in [-0.3, -0.25) is 0 Å². The lowest BCUT2D eigenvalue weighted by Gasteiger charge is -2.10. The first-order valence-electron chi connectivity index (χ1n) is 4.43. The van der Waals surface area contributed by atoms with Gasteiger partial charge in [0.2, 0.25) is 11.8 Å². The zero-order chi connectivity index (χ0) is 12.1. The Morgan fingerprint density at radius 3 is 2.19 bits per heavy atom. The molecule has 0 bridgehead atoms. The number of methoxy groups -OCH3 is 2. The second-order valence-electron chi connectivity index (χ2n) is 2.83. The molecule has 0 saturated heterocycles. The van der Waals surface area contributed by atoms with Crippen LogP contribution < -0.4 is 14.2 Å². The van der Waals surface area contributed by atoms with Crippen molar-refractivity contribution in [3.8, 4) is 17.8 Å². The zero-order valence-corrected chi connectivity index (χ0v) is 9.13. The number of carboxylic acids is 1. The van der Waals surface area contributed by atoms with Gasteiger partial charge < -0.3 is 19.3 Å². The summed E-state index contributed by atoms with van der Waals surface area (Å²) in [6.45, 7) is 1.37. The average molecular weight is 228 g/mol. The van der Waals surface area contributed by atoms with Gasteiger partial charge >= 0.3 is 12.0 Å². The Bertz CT molecular complexity index is 360. The fraction of sp³-hybridized carbons (Fsp3) is 0.444. The molecule has 0 aliphatic heterocycles. The minimum atomic E-state index is -1.11. The molecule has 1 aromatic rings. The Morgan fingerprint density at radius 1 is 1.31 bits per heavy atom. The summed E-state index contributed by atoms with van der Waals surface area (Å²) in [4.78, 5) is 18.2. The number of ether oxygens (including phenoxy) is 3. The van der Waals surface area contributed by atoms with Crippen LogP contribution in [0.1, 0.15) is 6.92 Å². The lowest BCUT2D eigenvalue weighted by atomic mass is 10.4. The van der Waals surface area contributed by atoms with E-state index in [1.165, 1.54) is 27.2 Å². The molecule has 0 aromatic carbocycles. The van der Waals surface area contributed by atoms with Crippen LogP contribution in [0.4, 0.5) is 0 Å². The number of nitrogens with zero attached hydrogens (tertiary/aromatic N) is 2. The lowest BCUT2D eigenvalue weighted by molar-refractivity contribution is -0.144. The van der Waals surface area contributed by atoms with E-state index in [0.29, 0.717) is 0 Å². The molecule has 0 aliphatic rings. The number of aliphatic carboxylic acids is 1. The van der Waals surface area contributed by atoms with E-state index in [4.69, 9.17) is 19.3 Å². The molecule has 1 heterocycles. The second-order valence-corrected chi connectivity index (χ2v) is 2.83. The Morgan fingerprint density at radius 2 is 1.81 bits per heavy atom. The van der Waals surface area contributed by atoms with E-state index < -0.39 is 12.1 Å². The van der Waals surface area contributed by atoms with Crippen molar-refractivity contribution in [2.75, 3.05) is 14.2 Å². The van der Waals surface area contributed by atoms with Gasteiger partial charge in [0.15, 0.2) is 6.10 Å². The first kappa shape index (κ1) is 12.0. The van der Waals surface area contributed by atoms with Gasteiger partial charge in [-0.1, -0.05) is 0 Å². The summed E-state index contributed by atoms with van der Waals surface area (Å²) in [6.07, 6.45) is -1.04. The first-order chi connectivity index (χ1) is 7.56. The average Bonchev–Trinajstić information content (AvgIpc) is 2.28. The fourth-order valence-corrected chi connectivity index (χ4v) is 0.854. The van der Waals surface area contributed by atoms with Gasteiger partial charge in [0, 0.05) is 0 Å². The van der Waals surface area contributed by atoms with E-state index in [0.717, 1.165) is 0 Å². The molecule has 0 amide bonds. The smallest absolute Gasteiger partial charge is 0.344 e. The van der Waals surface area contributed by atoms with Gasteiger partial charge in [-0.25, -0.2) is 4.79 Å². The molecule has 88 valence electrons. The number of carbonyl (C=O) groups is 1. The monoisotopic (exact) mass is 228 g/mol. The van der Waals surface area contributed by atoms with Crippen molar-refractivity contribution in [2.24, 2.45) is 0 Å². The number of carboxylic acid groups (broad SMARTS) is 1. The van der Waals surface area contributed by atoms with Crippen LogP contribution >= 0.6 is 0 Å². The summed E-state index contributed by atoms with van der Waals surface area (Å²) in [6, 6.07) is 1.35. The van der Waals surface area contributed by atoms with E-state index in [1.54, 1.807) is 0 Å². The third-order valence-electron chi connectivity index (χ3n) is 1.71. The molecule has 0 spiro atoms. The minimum absolute atomic E-state index is 0.105. The standard InChI is InChI=1S/C9H12N2O5/c1-5(8(12)13)16-9-10-6(14-2)4-7(11-9)15-3/h4-5H,1-3H3,(H,12,13)/t5-/m1/s1. The molecule has 1 N–H and O–H groups in total. The second kappa shape index (κ2) is 5.15. The highest BCUT2D eigenvalue weighted by atomic mass is 16.5. The topological polar surface area (TPSA) is 90.8 Å². The largest absolute Gasteiger partial charge is 0.481 e.